The van der Waals surface area contributed by atoms with Gasteiger partial charge in [0.25, 0.3) is 0 Å². The molecule has 660 valence electrons. The lowest BCUT2D eigenvalue weighted by Crippen LogP contribution is -2.01. The second kappa shape index (κ2) is 35.7. The first-order chi connectivity index (χ1) is 70.3. The van der Waals surface area contributed by atoms with Gasteiger partial charge in [-0.2, -0.15) is 0 Å². The van der Waals surface area contributed by atoms with Crippen LogP contribution in [0.4, 0.5) is 0 Å². The lowest BCUT2D eigenvalue weighted by Gasteiger charge is -2.15. The van der Waals surface area contributed by atoms with Gasteiger partial charge in [0.2, 0.25) is 0 Å². The standard InChI is InChI=1S/C46H28N4.C45H27N5.C37H23N5/c1-3-13-34-30(10-1)24-40(38-17-7-5-15-36(34)38)44-27-45(41-25-31-11-2-4-14-35(31)37-16-6-8-18-39(37)41)50-46(49-44)33-21-22-42(48-28-33)32-20-19-29-12-9-23-47-43(29)26-32;1-3-13-33-29(10-1)24-39(37-17-7-5-15-35(33)37)44-48-43(32-21-22-41(47-27-32)31-20-19-28-12-9-23-46-42(28)26-31)49-45(50-44)40-25-30-11-2-4-14-34(30)36-16-6-8-18-38(36)40;1-3-8-27-20-30(15-11-24(27)6-1)35-40-36(31-16-12-25-7-2-4-9-28(25)21-31)42-37(41-35)32-17-18-33(39-23-32)29-14-13-26-10-5-19-38-34(26)22-29/h1-28H;1-27H;1-23H. The third-order valence-corrected chi connectivity index (χ3v) is 26.9. The van der Waals surface area contributed by atoms with Gasteiger partial charge in [-0.15, -0.1) is 0 Å². The molecule has 142 heavy (non-hydrogen) atoms. The minimum Gasteiger partial charge on any atom is -0.256 e. The van der Waals surface area contributed by atoms with Crippen LogP contribution in [-0.4, -0.2) is 69.8 Å². The fraction of sp³-hybridized carbons (Fsp3) is 0. The van der Waals surface area contributed by atoms with Gasteiger partial charge >= 0.3 is 0 Å². The van der Waals surface area contributed by atoms with Crippen LogP contribution < -0.4 is 0 Å². The number of hydrogen-bond donors (Lipinski definition) is 0. The molecule has 14 heteroatoms. The highest BCUT2D eigenvalue weighted by Crippen LogP contribution is 2.44. The Morgan fingerprint density at radius 3 is 0.690 bits per heavy atom. The number of nitrogens with zero attached hydrogens (tertiary/aromatic N) is 14. The molecular weight excluding hydrogens is 1730 g/mol. The smallest absolute Gasteiger partial charge is 0.165 e. The zero-order valence-corrected chi connectivity index (χ0v) is 76.3. The third-order valence-electron chi connectivity index (χ3n) is 26.9. The molecule has 0 saturated carbocycles. The van der Waals surface area contributed by atoms with Gasteiger partial charge in [0.15, 0.2) is 40.8 Å². The van der Waals surface area contributed by atoms with Gasteiger partial charge in [-0.3, -0.25) is 29.9 Å². The SMILES string of the molecule is c1ccc2cc(-c3nc(-c4ccc(-c5ccc6cccnc6c5)nc4)nc(-c4ccc5ccccc5c4)n3)ccc2c1.c1cnc2cc(-c3ccc(-c4nc(-c5cc6ccccc6c6ccccc56)cc(-c5cc6ccccc6c6ccccc56)n4)cn3)ccc2c1.c1cnc2cc(-c3ccc(-c4nc(-c5cc6ccccc6c6ccccc56)nc(-c5cc6ccccc6c6ccccc56)n4)cn3)ccc2c1. The molecule has 0 saturated heterocycles. The van der Waals surface area contributed by atoms with Gasteiger partial charge < -0.3 is 0 Å². The Balaban J connectivity index is 0.000000110. The molecule has 9 heterocycles. The maximum atomic E-state index is 5.28. The van der Waals surface area contributed by atoms with E-state index in [-0.39, 0.29) is 0 Å². The van der Waals surface area contributed by atoms with Gasteiger partial charge in [-0.25, -0.2) is 39.9 Å². The fourth-order valence-corrected chi connectivity index (χ4v) is 19.8. The van der Waals surface area contributed by atoms with E-state index in [9.17, 15) is 0 Å². The molecule has 0 radical (unpaired) electrons. The van der Waals surface area contributed by atoms with Crippen LogP contribution in [0.25, 0.3) is 276 Å². The summed E-state index contributed by atoms with van der Waals surface area (Å²) in [7, 11) is 0. The zero-order valence-electron chi connectivity index (χ0n) is 76.3. The molecule has 0 fully saturated rings. The van der Waals surface area contributed by atoms with Crippen molar-refractivity contribution < 1.29 is 0 Å². The molecule has 0 aliphatic carbocycles. The molecule has 28 rings (SSSR count). The van der Waals surface area contributed by atoms with Crippen molar-refractivity contribution in [2.75, 3.05) is 0 Å². The summed E-state index contributed by atoms with van der Waals surface area (Å²) in [6.45, 7) is 0. The Labute approximate surface area is 814 Å². The topological polar surface area (TPSA) is 180 Å². The maximum absolute atomic E-state index is 5.28. The van der Waals surface area contributed by atoms with Crippen LogP contribution in [0.3, 0.4) is 0 Å². The van der Waals surface area contributed by atoms with E-state index in [1.807, 2.05) is 110 Å². The molecule has 0 N–H and O–H groups in total. The van der Waals surface area contributed by atoms with E-state index in [0.29, 0.717) is 40.8 Å². The maximum Gasteiger partial charge on any atom is 0.165 e. The molecule has 0 atom stereocenters. The minimum absolute atomic E-state index is 0.568. The fourth-order valence-electron chi connectivity index (χ4n) is 19.8. The summed E-state index contributed by atoms with van der Waals surface area (Å²) >= 11 is 0. The molecular formula is C128H78N14. The number of rotatable bonds is 12. The van der Waals surface area contributed by atoms with E-state index < -0.39 is 0 Å². The van der Waals surface area contributed by atoms with Crippen LogP contribution in [0.5, 0.6) is 0 Å². The van der Waals surface area contributed by atoms with Crippen LogP contribution in [0.2, 0.25) is 0 Å². The van der Waals surface area contributed by atoms with Crippen LogP contribution >= 0.6 is 0 Å². The summed E-state index contributed by atoms with van der Waals surface area (Å²) in [6.07, 6.45) is 11.0. The lowest BCUT2D eigenvalue weighted by atomic mass is 9.93. The van der Waals surface area contributed by atoms with Crippen molar-refractivity contribution in [3.8, 4) is 136 Å². The predicted octanol–water partition coefficient (Wildman–Crippen LogP) is 31.6. The molecule has 9 aromatic heterocycles. The van der Waals surface area contributed by atoms with Crippen LogP contribution in [0.1, 0.15) is 0 Å². The number of pyridine rings is 6. The summed E-state index contributed by atoms with van der Waals surface area (Å²) in [5.74, 6) is 4.26. The number of benzene rings is 19. The second-order valence-electron chi connectivity index (χ2n) is 35.5. The highest BCUT2D eigenvalue weighted by Gasteiger charge is 2.24. The normalized spacial score (nSPS) is 11.5. The molecule has 0 aliphatic heterocycles. The minimum atomic E-state index is 0.568. The van der Waals surface area contributed by atoms with Crippen molar-refractivity contribution in [3.05, 3.63) is 474 Å². The van der Waals surface area contributed by atoms with Crippen LogP contribution in [0, 0.1) is 0 Å². The Kier molecular flexibility index (Phi) is 20.9. The summed E-state index contributed by atoms with van der Waals surface area (Å²) in [6, 6.07) is 152. The van der Waals surface area contributed by atoms with Gasteiger partial charge in [0.1, 0.15) is 0 Å². The molecule has 14 nitrogen and oxygen atoms in total. The molecule has 0 bridgehead atoms. The van der Waals surface area contributed by atoms with Crippen molar-refractivity contribution in [3.63, 3.8) is 0 Å². The number of fused-ring (bicyclic) bond motifs is 17. The molecule has 0 unspecified atom stereocenters. The van der Waals surface area contributed by atoms with Gasteiger partial charge in [-0.05, 0) is 223 Å². The van der Waals surface area contributed by atoms with E-state index in [0.717, 1.165) is 182 Å². The predicted molar refractivity (Wildman–Crippen MR) is 581 cm³/mol. The lowest BCUT2D eigenvalue weighted by molar-refractivity contribution is 1.07. The Bertz CT molecular complexity index is 9130. The van der Waals surface area contributed by atoms with E-state index in [2.05, 4.69) is 379 Å². The van der Waals surface area contributed by atoms with E-state index in [4.69, 9.17) is 54.8 Å². The van der Waals surface area contributed by atoms with E-state index >= 15 is 0 Å². The van der Waals surface area contributed by atoms with Crippen LogP contribution in [0.15, 0.2) is 474 Å². The molecule has 0 amide bonds. The van der Waals surface area contributed by atoms with Crippen molar-refractivity contribution in [1.29, 1.82) is 0 Å². The first-order valence-electron chi connectivity index (χ1n) is 47.3. The Morgan fingerprint density at radius 1 is 0.120 bits per heavy atom. The summed E-state index contributed by atoms with van der Waals surface area (Å²) < 4.78 is 0. The van der Waals surface area contributed by atoms with E-state index in [1.165, 1.54) is 53.9 Å². The average Bonchev–Trinajstić information content (AvgIpc) is 0.747. The third kappa shape index (κ3) is 15.8. The summed E-state index contributed by atoms with van der Waals surface area (Å²) in [5.41, 5.74) is 18.6. The largest absolute Gasteiger partial charge is 0.256 e. The summed E-state index contributed by atoms with van der Waals surface area (Å²) in [5, 5.41) is 26.6. The highest BCUT2D eigenvalue weighted by molar-refractivity contribution is 6.18. The van der Waals surface area contributed by atoms with Gasteiger partial charge in [-0.1, -0.05) is 322 Å². The van der Waals surface area contributed by atoms with Crippen molar-refractivity contribution in [1.82, 2.24) is 69.8 Å². The average molecular weight is 1810 g/mol. The number of aromatic nitrogens is 14. The highest BCUT2D eigenvalue weighted by atomic mass is 15.0. The monoisotopic (exact) mass is 1810 g/mol. The molecule has 0 spiro atoms. The first kappa shape index (κ1) is 83.2. The zero-order chi connectivity index (χ0) is 93.9. The second-order valence-corrected chi connectivity index (χ2v) is 35.5. The molecule has 28 aromatic rings. The van der Waals surface area contributed by atoms with Crippen molar-refractivity contribution in [2.45, 2.75) is 0 Å². The summed E-state index contributed by atoms with van der Waals surface area (Å²) in [4.78, 5) is 69.2. The Hall–Kier alpha value is -19.4. The molecule has 0 aliphatic rings. The van der Waals surface area contributed by atoms with Gasteiger partial charge in [0.05, 0.1) is 45.0 Å². The Morgan fingerprint density at radius 2 is 0.359 bits per heavy atom. The quantitative estimate of drug-likeness (QED) is 0.105. The van der Waals surface area contributed by atoms with E-state index in [1.54, 1.807) is 0 Å². The van der Waals surface area contributed by atoms with Crippen molar-refractivity contribution in [2.24, 2.45) is 0 Å². The number of hydrogen-bond acceptors (Lipinski definition) is 14. The first-order valence-corrected chi connectivity index (χ1v) is 47.3. The van der Waals surface area contributed by atoms with Crippen molar-refractivity contribution >= 4 is 140 Å². The van der Waals surface area contributed by atoms with Crippen LogP contribution in [-0.2, 0) is 0 Å². The molecule has 19 aromatic carbocycles. The van der Waals surface area contributed by atoms with Gasteiger partial charge in [0, 0.05) is 120 Å².